The number of hydrogen-bond acceptors (Lipinski definition) is 2. The zero-order valence-electron chi connectivity index (χ0n) is 7.21. The fourth-order valence-electron chi connectivity index (χ4n) is 1.53. The molecule has 0 atom stereocenters. The van der Waals surface area contributed by atoms with Crippen molar-refractivity contribution in [3.63, 3.8) is 0 Å². The van der Waals surface area contributed by atoms with Gasteiger partial charge in [0.05, 0.1) is 0 Å². The maximum Gasteiger partial charge on any atom is 0.298 e. The van der Waals surface area contributed by atoms with Crippen molar-refractivity contribution in [2.75, 3.05) is 0 Å². The van der Waals surface area contributed by atoms with Crippen LogP contribution in [0.15, 0.2) is 24.0 Å². The van der Waals surface area contributed by atoms with Gasteiger partial charge in [0.2, 0.25) is 0 Å². The molecule has 1 aliphatic rings. The lowest BCUT2D eigenvalue weighted by Gasteiger charge is -2.16. The highest BCUT2D eigenvalue weighted by Crippen LogP contribution is 2.27. The van der Waals surface area contributed by atoms with E-state index in [4.69, 9.17) is 4.74 Å². The molecule has 0 aromatic heterocycles. The fraction of sp³-hybridized carbons (Fsp3) is 0.500. The highest BCUT2D eigenvalue weighted by atomic mass is 16.5. The Morgan fingerprint density at radius 2 is 2.17 bits per heavy atom. The molecule has 0 heterocycles. The standard InChI is InChI=1S/C10H14O2/c1-2-5-9-6-3-4-7-10(9)12-8-11/h2,8H,1,3-7H2. The summed E-state index contributed by atoms with van der Waals surface area (Å²) < 4.78 is 4.90. The van der Waals surface area contributed by atoms with Crippen LogP contribution in [-0.4, -0.2) is 6.47 Å². The van der Waals surface area contributed by atoms with Crippen LogP contribution in [0.1, 0.15) is 32.1 Å². The van der Waals surface area contributed by atoms with Crippen LogP contribution in [0.5, 0.6) is 0 Å². The SMILES string of the molecule is C=CCC1=C(OC=O)CCCC1. The zero-order chi connectivity index (χ0) is 8.81. The first kappa shape index (κ1) is 9.04. The Balaban J connectivity index is 2.67. The molecular weight excluding hydrogens is 152 g/mol. The van der Waals surface area contributed by atoms with Gasteiger partial charge in [-0.15, -0.1) is 6.58 Å². The summed E-state index contributed by atoms with van der Waals surface area (Å²) >= 11 is 0. The largest absolute Gasteiger partial charge is 0.433 e. The van der Waals surface area contributed by atoms with E-state index in [2.05, 4.69) is 6.58 Å². The van der Waals surface area contributed by atoms with Crippen molar-refractivity contribution < 1.29 is 9.53 Å². The second-order valence-corrected chi connectivity index (χ2v) is 2.94. The number of hydrogen-bond donors (Lipinski definition) is 0. The number of carbonyl (C=O) groups is 1. The first-order valence-corrected chi connectivity index (χ1v) is 4.30. The zero-order valence-corrected chi connectivity index (χ0v) is 7.21. The lowest BCUT2D eigenvalue weighted by Crippen LogP contribution is -2.02. The normalized spacial score (nSPS) is 17.3. The van der Waals surface area contributed by atoms with Crippen LogP contribution in [0.4, 0.5) is 0 Å². The fourth-order valence-corrected chi connectivity index (χ4v) is 1.53. The van der Waals surface area contributed by atoms with E-state index >= 15 is 0 Å². The second-order valence-electron chi connectivity index (χ2n) is 2.94. The van der Waals surface area contributed by atoms with E-state index in [1.54, 1.807) is 0 Å². The van der Waals surface area contributed by atoms with Crippen molar-refractivity contribution in [1.82, 2.24) is 0 Å². The Kier molecular flexibility index (Phi) is 3.58. The molecule has 1 rings (SSSR count). The van der Waals surface area contributed by atoms with Gasteiger partial charge in [-0.2, -0.15) is 0 Å². The predicted molar refractivity (Wildman–Crippen MR) is 47.5 cm³/mol. The summed E-state index contributed by atoms with van der Waals surface area (Å²) in [6.07, 6.45) is 6.99. The molecule has 2 nitrogen and oxygen atoms in total. The van der Waals surface area contributed by atoms with Crippen molar-refractivity contribution in [3.05, 3.63) is 24.0 Å². The first-order valence-electron chi connectivity index (χ1n) is 4.30. The minimum absolute atomic E-state index is 0.518. The van der Waals surface area contributed by atoms with Gasteiger partial charge in [0.25, 0.3) is 6.47 Å². The van der Waals surface area contributed by atoms with Crippen LogP contribution in [0.2, 0.25) is 0 Å². The highest BCUT2D eigenvalue weighted by Gasteiger charge is 2.12. The van der Waals surface area contributed by atoms with Gasteiger partial charge >= 0.3 is 0 Å². The van der Waals surface area contributed by atoms with Crippen LogP contribution in [-0.2, 0) is 9.53 Å². The molecule has 12 heavy (non-hydrogen) atoms. The van der Waals surface area contributed by atoms with Gasteiger partial charge in [-0.05, 0) is 31.3 Å². The van der Waals surface area contributed by atoms with Gasteiger partial charge < -0.3 is 4.74 Å². The molecule has 0 saturated heterocycles. The molecule has 2 heteroatoms. The number of carbonyl (C=O) groups excluding carboxylic acids is 1. The van der Waals surface area contributed by atoms with E-state index in [9.17, 15) is 4.79 Å². The molecular formula is C10H14O2. The van der Waals surface area contributed by atoms with Gasteiger partial charge in [-0.1, -0.05) is 6.08 Å². The molecule has 1 aliphatic carbocycles. The molecule has 0 aliphatic heterocycles. The summed E-state index contributed by atoms with van der Waals surface area (Å²) in [6.45, 7) is 4.19. The second kappa shape index (κ2) is 4.75. The predicted octanol–water partition coefficient (Wildman–Crippen LogP) is 2.56. The van der Waals surface area contributed by atoms with E-state index < -0.39 is 0 Å². The van der Waals surface area contributed by atoms with Crippen LogP contribution in [0.25, 0.3) is 0 Å². The minimum atomic E-state index is 0.518. The molecule has 0 spiro atoms. The third-order valence-electron chi connectivity index (χ3n) is 2.11. The highest BCUT2D eigenvalue weighted by molar-refractivity contribution is 5.41. The molecule has 0 saturated carbocycles. The maximum atomic E-state index is 10.1. The molecule has 66 valence electrons. The lowest BCUT2D eigenvalue weighted by atomic mass is 9.95. The van der Waals surface area contributed by atoms with Crippen molar-refractivity contribution in [2.24, 2.45) is 0 Å². The van der Waals surface area contributed by atoms with E-state index in [0.717, 1.165) is 31.4 Å². The van der Waals surface area contributed by atoms with Crippen LogP contribution in [0, 0.1) is 0 Å². The Labute approximate surface area is 72.9 Å². The summed E-state index contributed by atoms with van der Waals surface area (Å²) in [5, 5.41) is 0. The molecule has 0 amide bonds. The summed E-state index contributed by atoms with van der Waals surface area (Å²) in [5.74, 6) is 0.871. The first-order chi connectivity index (χ1) is 5.88. The van der Waals surface area contributed by atoms with Crippen LogP contribution in [0.3, 0.4) is 0 Å². The molecule has 0 fully saturated rings. The molecule has 0 bridgehead atoms. The van der Waals surface area contributed by atoms with Gasteiger partial charge in [-0.3, -0.25) is 4.79 Å². The average molecular weight is 166 g/mol. The molecule has 0 N–H and O–H groups in total. The molecule has 0 unspecified atom stereocenters. The Morgan fingerprint density at radius 3 is 2.83 bits per heavy atom. The van der Waals surface area contributed by atoms with E-state index in [1.165, 1.54) is 12.0 Å². The summed E-state index contributed by atoms with van der Waals surface area (Å²) in [4.78, 5) is 10.1. The number of rotatable bonds is 4. The Bertz CT molecular complexity index is 182. The topological polar surface area (TPSA) is 26.3 Å². The summed E-state index contributed by atoms with van der Waals surface area (Å²) in [5.41, 5.74) is 1.24. The molecule has 0 aromatic rings. The molecule has 0 aromatic carbocycles. The van der Waals surface area contributed by atoms with Crippen molar-refractivity contribution in [1.29, 1.82) is 0 Å². The smallest absolute Gasteiger partial charge is 0.298 e. The minimum Gasteiger partial charge on any atom is -0.433 e. The van der Waals surface area contributed by atoms with E-state index in [1.807, 2.05) is 6.08 Å². The van der Waals surface area contributed by atoms with Crippen molar-refractivity contribution in [3.8, 4) is 0 Å². The van der Waals surface area contributed by atoms with Gasteiger partial charge in [0.15, 0.2) is 0 Å². The number of allylic oxidation sites excluding steroid dienone is 3. The third-order valence-corrected chi connectivity index (χ3v) is 2.11. The third kappa shape index (κ3) is 2.22. The number of ether oxygens (including phenoxy) is 1. The van der Waals surface area contributed by atoms with Gasteiger partial charge in [0, 0.05) is 6.42 Å². The van der Waals surface area contributed by atoms with E-state index in [-0.39, 0.29) is 0 Å². The maximum absolute atomic E-state index is 10.1. The van der Waals surface area contributed by atoms with Gasteiger partial charge in [0.1, 0.15) is 5.76 Å². The monoisotopic (exact) mass is 166 g/mol. The molecule has 0 radical (unpaired) electrons. The Hall–Kier alpha value is -1.05. The van der Waals surface area contributed by atoms with Gasteiger partial charge in [-0.25, -0.2) is 0 Å². The van der Waals surface area contributed by atoms with Crippen LogP contribution < -0.4 is 0 Å². The lowest BCUT2D eigenvalue weighted by molar-refractivity contribution is -0.125. The Morgan fingerprint density at radius 1 is 1.42 bits per heavy atom. The van der Waals surface area contributed by atoms with Crippen molar-refractivity contribution in [2.45, 2.75) is 32.1 Å². The van der Waals surface area contributed by atoms with E-state index in [0.29, 0.717) is 6.47 Å². The van der Waals surface area contributed by atoms with Crippen molar-refractivity contribution >= 4 is 6.47 Å². The van der Waals surface area contributed by atoms with Crippen LogP contribution >= 0.6 is 0 Å². The average Bonchev–Trinajstić information content (AvgIpc) is 2.09. The summed E-state index contributed by atoms with van der Waals surface area (Å²) in [7, 11) is 0. The quantitative estimate of drug-likeness (QED) is 0.474. The summed E-state index contributed by atoms with van der Waals surface area (Å²) in [6, 6.07) is 0.